The zero-order valence-electron chi connectivity index (χ0n) is 11.5. The topological polar surface area (TPSA) is 82.2 Å². The number of carbonyl (C=O) groups is 1. The number of anilines is 2. The summed E-state index contributed by atoms with van der Waals surface area (Å²) in [7, 11) is 1.97. The van der Waals surface area contributed by atoms with Crippen LogP contribution < -0.4 is 16.0 Å². The van der Waals surface area contributed by atoms with Crippen molar-refractivity contribution in [2.75, 3.05) is 24.2 Å². The molecule has 0 aromatic carbocycles. The molecule has 1 aromatic heterocycles. The summed E-state index contributed by atoms with van der Waals surface area (Å²) in [4.78, 5) is 14.7. The second kappa shape index (κ2) is 4.98. The SMILES string of the molecule is CN(CC1CC1)c1sc(C(=O)NC2CC2)c(N)c1C#N. The van der Waals surface area contributed by atoms with E-state index in [2.05, 4.69) is 16.3 Å². The largest absolute Gasteiger partial charge is 0.396 e. The Kier molecular flexibility index (Phi) is 3.30. The van der Waals surface area contributed by atoms with E-state index < -0.39 is 0 Å². The Balaban J connectivity index is 1.85. The molecule has 0 spiro atoms. The molecule has 2 saturated carbocycles. The maximum Gasteiger partial charge on any atom is 0.263 e. The number of nitrogens with zero attached hydrogens (tertiary/aromatic N) is 2. The molecule has 20 heavy (non-hydrogen) atoms. The Morgan fingerprint density at radius 3 is 2.75 bits per heavy atom. The van der Waals surface area contributed by atoms with Crippen LogP contribution in [0, 0.1) is 17.2 Å². The minimum atomic E-state index is -0.141. The van der Waals surface area contributed by atoms with E-state index in [9.17, 15) is 10.1 Å². The molecule has 1 heterocycles. The van der Waals surface area contributed by atoms with Gasteiger partial charge in [0.25, 0.3) is 5.91 Å². The quantitative estimate of drug-likeness (QED) is 0.868. The second-order valence-electron chi connectivity index (χ2n) is 5.71. The molecule has 0 atom stereocenters. The van der Waals surface area contributed by atoms with Crippen LogP contribution in [0.25, 0.3) is 0 Å². The summed E-state index contributed by atoms with van der Waals surface area (Å²) >= 11 is 1.33. The predicted molar refractivity (Wildman–Crippen MR) is 79.9 cm³/mol. The van der Waals surface area contributed by atoms with Crippen LogP contribution in [-0.2, 0) is 0 Å². The third-order valence-corrected chi connectivity index (χ3v) is 5.05. The molecule has 6 heteroatoms. The molecule has 0 radical (unpaired) electrons. The van der Waals surface area contributed by atoms with E-state index in [1.54, 1.807) is 0 Å². The van der Waals surface area contributed by atoms with Gasteiger partial charge in [-0.25, -0.2) is 0 Å². The summed E-state index contributed by atoms with van der Waals surface area (Å²) in [5.41, 5.74) is 6.77. The molecule has 0 aliphatic heterocycles. The number of nitrogen functional groups attached to an aromatic ring is 1. The lowest BCUT2D eigenvalue weighted by Crippen LogP contribution is -2.25. The van der Waals surface area contributed by atoms with Crippen molar-refractivity contribution in [2.24, 2.45) is 5.92 Å². The van der Waals surface area contributed by atoms with Gasteiger partial charge in [-0.3, -0.25) is 4.79 Å². The Morgan fingerprint density at radius 1 is 1.50 bits per heavy atom. The Morgan fingerprint density at radius 2 is 2.20 bits per heavy atom. The van der Waals surface area contributed by atoms with Crippen molar-refractivity contribution in [3.8, 4) is 6.07 Å². The van der Waals surface area contributed by atoms with E-state index >= 15 is 0 Å². The van der Waals surface area contributed by atoms with Gasteiger partial charge in [0.1, 0.15) is 21.5 Å². The lowest BCUT2D eigenvalue weighted by atomic mass is 10.2. The molecule has 0 saturated heterocycles. The van der Waals surface area contributed by atoms with Crippen molar-refractivity contribution >= 4 is 27.9 Å². The molecular formula is C14H18N4OS. The highest BCUT2D eigenvalue weighted by atomic mass is 32.1. The molecule has 5 nitrogen and oxygen atoms in total. The predicted octanol–water partition coefficient (Wildman–Crippen LogP) is 1.94. The van der Waals surface area contributed by atoms with Gasteiger partial charge in [-0.15, -0.1) is 11.3 Å². The van der Waals surface area contributed by atoms with Gasteiger partial charge in [-0.1, -0.05) is 0 Å². The van der Waals surface area contributed by atoms with Gasteiger partial charge < -0.3 is 16.0 Å². The Bertz CT molecular complexity index is 581. The van der Waals surface area contributed by atoms with Crippen LogP contribution in [0.15, 0.2) is 0 Å². The van der Waals surface area contributed by atoms with E-state index in [0.29, 0.717) is 22.2 Å². The van der Waals surface area contributed by atoms with Crippen molar-refractivity contribution in [1.29, 1.82) is 5.26 Å². The number of thiophene rings is 1. The molecule has 1 aromatic rings. The maximum absolute atomic E-state index is 12.1. The summed E-state index contributed by atoms with van der Waals surface area (Å²) in [6, 6.07) is 2.44. The van der Waals surface area contributed by atoms with E-state index in [4.69, 9.17) is 5.73 Å². The second-order valence-corrected chi connectivity index (χ2v) is 6.71. The number of hydrogen-bond donors (Lipinski definition) is 2. The molecule has 0 bridgehead atoms. The third kappa shape index (κ3) is 2.59. The third-order valence-electron chi connectivity index (χ3n) is 3.73. The summed E-state index contributed by atoms with van der Waals surface area (Å²) in [5.74, 6) is 0.580. The van der Waals surface area contributed by atoms with Crippen molar-refractivity contribution < 1.29 is 4.79 Å². The number of carbonyl (C=O) groups excluding carboxylic acids is 1. The average Bonchev–Trinajstić information content (AvgIpc) is 3.31. The van der Waals surface area contributed by atoms with Gasteiger partial charge in [-0.05, 0) is 31.6 Å². The van der Waals surface area contributed by atoms with Gasteiger partial charge in [0.05, 0.1) is 5.69 Å². The molecule has 0 unspecified atom stereocenters. The fraction of sp³-hybridized carbons (Fsp3) is 0.571. The minimum Gasteiger partial charge on any atom is -0.396 e. The fourth-order valence-electron chi connectivity index (χ4n) is 2.23. The standard InChI is InChI=1S/C14H18N4OS/c1-18(7-8-2-3-8)14-10(6-15)11(16)12(20-14)13(19)17-9-4-5-9/h8-9H,2-5,7,16H2,1H3,(H,17,19). The normalized spacial score (nSPS) is 17.6. The van der Waals surface area contributed by atoms with E-state index in [1.807, 2.05) is 7.05 Å². The van der Waals surface area contributed by atoms with Gasteiger partial charge in [0, 0.05) is 19.6 Å². The van der Waals surface area contributed by atoms with Crippen LogP contribution in [0.4, 0.5) is 10.7 Å². The molecule has 3 rings (SSSR count). The van der Waals surface area contributed by atoms with E-state index in [1.165, 1.54) is 24.2 Å². The van der Waals surface area contributed by atoms with Crippen LogP contribution in [0.3, 0.4) is 0 Å². The lowest BCUT2D eigenvalue weighted by Gasteiger charge is -2.16. The number of nitrogens with two attached hydrogens (primary N) is 1. The number of nitrogens with one attached hydrogen (secondary N) is 1. The van der Waals surface area contributed by atoms with Gasteiger partial charge in [0.15, 0.2) is 0 Å². The molecule has 2 aliphatic carbocycles. The number of rotatable bonds is 5. The molecule has 3 N–H and O–H groups in total. The number of amides is 1. The van der Waals surface area contributed by atoms with Crippen molar-refractivity contribution in [2.45, 2.75) is 31.7 Å². The van der Waals surface area contributed by atoms with Gasteiger partial charge in [0.2, 0.25) is 0 Å². The Labute approximate surface area is 122 Å². The maximum atomic E-state index is 12.1. The molecular weight excluding hydrogens is 272 g/mol. The van der Waals surface area contributed by atoms with E-state index in [0.717, 1.165) is 30.3 Å². The first-order valence-electron chi connectivity index (χ1n) is 6.94. The average molecular weight is 290 g/mol. The van der Waals surface area contributed by atoms with Crippen LogP contribution in [0.2, 0.25) is 0 Å². The summed E-state index contributed by atoms with van der Waals surface area (Å²) in [6.07, 6.45) is 4.58. The van der Waals surface area contributed by atoms with E-state index in [-0.39, 0.29) is 5.91 Å². The summed E-state index contributed by atoms with van der Waals surface area (Å²) in [5, 5.41) is 13.1. The Hall–Kier alpha value is -1.74. The summed E-state index contributed by atoms with van der Waals surface area (Å²) < 4.78 is 0. The first-order valence-corrected chi connectivity index (χ1v) is 7.76. The molecule has 1 amide bonds. The summed E-state index contributed by atoms with van der Waals surface area (Å²) in [6.45, 7) is 0.929. The van der Waals surface area contributed by atoms with Crippen LogP contribution >= 0.6 is 11.3 Å². The van der Waals surface area contributed by atoms with Crippen LogP contribution in [0.1, 0.15) is 40.9 Å². The van der Waals surface area contributed by atoms with Crippen LogP contribution in [-0.4, -0.2) is 25.5 Å². The fourth-order valence-corrected chi connectivity index (χ4v) is 3.27. The first kappa shape index (κ1) is 13.3. The van der Waals surface area contributed by atoms with Gasteiger partial charge in [-0.2, -0.15) is 5.26 Å². The van der Waals surface area contributed by atoms with Crippen LogP contribution in [0.5, 0.6) is 0 Å². The van der Waals surface area contributed by atoms with Gasteiger partial charge >= 0.3 is 0 Å². The molecule has 106 valence electrons. The molecule has 2 aliphatic rings. The zero-order chi connectivity index (χ0) is 14.3. The number of hydrogen-bond acceptors (Lipinski definition) is 5. The van der Waals surface area contributed by atoms with Crippen molar-refractivity contribution in [3.05, 3.63) is 10.4 Å². The smallest absolute Gasteiger partial charge is 0.263 e. The lowest BCUT2D eigenvalue weighted by molar-refractivity contribution is 0.0956. The van der Waals surface area contributed by atoms with Crippen molar-refractivity contribution in [3.63, 3.8) is 0 Å². The van der Waals surface area contributed by atoms with Crippen molar-refractivity contribution in [1.82, 2.24) is 5.32 Å². The minimum absolute atomic E-state index is 0.141. The zero-order valence-corrected chi connectivity index (χ0v) is 12.3. The monoisotopic (exact) mass is 290 g/mol. The highest BCUT2D eigenvalue weighted by Gasteiger charge is 2.30. The highest BCUT2D eigenvalue weighted by molar-refractivity contribution is 7.19. The number of nitriles is 1. The highest BCUT2D eigenvalue weighted by Crippen LogP contribution is 2.39. The molecule has 2 fully saturated rings. The first-order chi connectivity index (χ1) is 9.60.